The zero-order chi connectivity index (χ0) is 22.2. The van der Waals surface area contributed by atoms with E-state index in [2.05, 4.69) is 4.98 Å². The van der Waals surface area contributed by atoms with Crippen LogP contribution in [0.2, 0.25) is 0 Å². The number of para-hydroxylation sites is 1. The van der Waals surface area contributed by atoms with Gasteiger partial charge >= 0.3 is 0 Å². The van der Waals surface area contributed by atoms with Gasteiger partial charge in [0.15, 0.2) is 0 Å². The molecule has 0 bridgehead atoms. The molecular weight excluding hydrogens is 405 g/mol. The second-order valence-electron chi connectivity index (χ2n) is 8.15. The Bertz CT molecular complexity index is 1360. The van der Waals surface area contributed by atoms with Crippen molar-refractivity contribution in [1.29, 1.82) is 0 Å². The predicted octanol–water partition coefficient (Wildman–Crippen LogP) is 4.64. The molecule has 1 saturated carbocycles. The van der Waals surface area contributed by atoms with Crippen LogP contribution in [-0.2, 0) is 6.54 Å². The normalized spacial score (nSPS) is 13.3. The summed E-state index contributed by atoms with van der Waals surface area (Å²) in [5.41, 5.74) is 2.65. The molecule has 1 aliphatic rings. The average molecular weight is 427 g/mol. The van der Waals surface area contributed by atoms with Crippen molar-refractivity contribution in [3.05, 3.63) is 106 Å². The van der Waals surface area contributed by atoms with Gasteiger partial charge in [0.1, 0.15) is 11.6 Å². The molecule has 0 N–H and O–H groups in total. The molecule has 5 nitrogen and oxygen atoms in total. The summed E-state index contributed by atoms with van der Waals surface area (Å²) in [6.45, 7) is 2.24. The Morgan fingerprint density at radius 2 is 1.72 bits per heavy atom. The molecular formula is C26H22FN3O2. The van der Waals surface area contributed by atoms with E-state index in [1.54, 1.807) is 54.0 Å². The molecule has 0 unspecified atom stereocenters. The van der Waals surface area contributed by atoms with Gasteiger partial charge in [0.05, 0.1) is 16.6 Å². The third-order valence-electron chi connectivity index (χ3n) is 5.83. The van der Waals surface area contributed by atoms with E-state index in [0.29, 0.717) is 34.5 Å². The van der Waals surface area contributed by atoms with Gasteiger partial charge < -0.3 is 4.90 Å². The van der Waals surface area contributed by atoms with Crippen LogP contribution in [-0.4, -0.2) is 26.4 Å². The maximum absolute atomic E-state index is 13.2. The van der Waals surface area contributed by atoms with Gasteiger partial charge in [0.25, 0.3) is 11.5 Å². The molecule has 6 heteroatoms. The van der Waals surface area contributed by atoms with Crippen molar-refractivity contribution in [2.24, 2.45) is 0 Å². The molecule has 32 heavy (non-hydrogen) atoms. The highest BCUT2D eigenvalue weighted by Gasteiger charge is 2.33. The van der Waals surface area contributed by atoms with E-state index in [1.165, 1.54) is 12.1 Å². The van der Waals surface area contributed by atoms with Gasteiger partial charge in [0, 0.05) is 18.2 Å². The number of amides is 1. The minimum absolute atomic E-state index is 0.0657. The summed E-state index contributed by atoms with van der Waals surface area (Å²) in [4.78, 5) is 32.6. The molecule has 0 atom stereocenters. The molecule has 0 spiro atoms. The number of hydrogen-bond donors (Lipinski definition) is 0. The van der Waals surface area contributed by atoms with E-state index >= 15 is 0 Å². The lowest BCUT2D eigenvalue weighted by atomic mass is 10.1. The van der Waals surface area contributed by atoms with Gasteiger partial charge in [-0.2, -0.15) is 0 Å². The molecule has 160 valence electrons. The highest BCUT2D eigenvalue weighted by molar-refractivity contribution is 5.94. The fraction of sp³-hybridized carbons (Fsp3) is 0.192. The van der Waals surface area contributed by atoms with Crippen LogP contribution in [0.25, 0.3) is 16.6 Å². The van der Waals surface area contributed by atoms with Crippen molar-refractivity contribution in [1.82, 2.24) is 14.5 Å². The zero-order valence-corrected chi connectivity index (χ0v) is 17.7. The first-order chi connectivity index (χ1) is 15.5. The first-order valence-electron chi connectivity index (χ1n) is 10.7. The summed E-state index contributed by atoms with van der Waals surface area (Å²) in [5, 5.41) is 0.553. The number of aryl methyl sites for hydroxylation is 1. The maximum Gasteiger partial charge on any atom is 0.265 e. The fourth-order valence-electron chi connectivity index (χ4n) is 4.01. The minimum atomic E-state index is -0.289. The van der Waals surface area contributed by atoms with Gasteiger partial charge in [-0.1, -0.05) is 24.3 Å². The van der Waals surface area contributed by atoms with E-state index in [0.717, 1.165) is 18.4 Å². The predicted molar refractivity (Wildman–Crippen MR) is 121 cm³/mol. The van der Waals surface area contributed by atoms with E-state index in [4.69, 9.17) is 0 Å². The largest absolute Gasteiger partial charge is 0.331 e. The summed E-state index contributed by atoms with van der Waals surface area (Å²) in [7, 11) is 0. The Morgan fingerprint density at radius 3 is 2.41 bits per heavy atom. The molecule has 1 amide bonds. The lowest BCUT2D eigenvalue weighted by Gasteiger charge is -2.23. The van der Waals surface area contributed by atoms with Crippen LogP contribution < -0.4 is 5.56 Å². The minimum Gasteiger partial charge on any atom is -0.331 e. The van der Waals surface area contributed by atoms with Crippen LogP contribution in [0, 0.1) is 12.7 Å². The number of carbonyl (C=O) groups is 1. The SMILES string of the molecule is Cc1nc2ccccc2c(=O)n1-c1ccc(C(=O)N(Cc2ccc(F)cc2)C2CC2)cc1. The summed E-state index contributed by atoms with van der Waals surface area (Å²) in [6, 6.07) is 20.8. The second kappa shape index (κ2) is 8.04. The van der Waals surface area contributed by atoms with Crippen molar-refractivity contribution in [3.63, 3.8) is 0 Å². The van der Waals surface area contributed by atoms with Gasteiger partial charge in [-0.15, -0.1) is 0 Å². The summed E-state index contributed by atoms with van der Waals surface area (Å²) >= 11 is 0. The average Bonchev–Trinajstić information content (AvgIpc) is 3.64. The van der Waals surface area contributed by atoms with Crippen LogP contribution in [0.3, 0.4) is 0 Å². The van der Waals surface area contributed by atoms with Crippen molar-refractivity contribution in [2.75, 3.05) is 0 Å². The number of aromatic nitrogens is 2. The highest BCUT2D eigenvalue weighted by atomic mass is 19.1. The molecule has 0 radical (unpaired) electrons. The molecule has 5 rings (SSSR count). The van der Waals surface area contributed by atoms with E-state index in [-0.39, 0.29) is 23.3 Å². The standard InChI is InChI=1S/C26H22FN3O2/c1-17-28-24-5-3-2-4-23(24)26(32)30(17)22-12-8-19(9-13-22)25(31)29(21-14-15-21)16-18-6-10-20(27)11-7-18/h2-13,21H,14-16H2,1H3. The quantitative estimate of drug-likeness (QED) is 0.466. The van der Waals surface area contributed by atoms with Gasteiger partial charge in [-0.25, -0.2) is 9.37 Å². The topological polar surface area (TPSA) is 55.2 Å². The Morgan fingerprint density at radius 1 is 1.03 bits per heavy atom. The monoisotopic (exact) mass is 427 g/mol. The Hall–Kier alpha value is -3.80. The number of halogens is 1. The first kappa shape index (κ1) is 20.1. The molecule has 1 aromatic heterocycles. The molecule has 1 aliphatic carbocycles. The van der Waals surface area contributed by atoms with Gasteiger partial charge in [-0.05, 0) is 73.9 Å². The summed E-state index contributed by atoms with van der Waals surface area (Å²) in [6.07, 6.45) is 1.95. The van der Waals surface area contributed by atoms with Gasteiger partial charge in [0.2, 0.25) is 0 Å². The second-order valence-corrected chi connectivity index (χ2v) is 8.15. The summed E-state index contributed by atoms with van der Waals surface area (Å²) in [5.74, 6) is 0.232. The number of rotatable bonds is 5. The van der Waals surface area contributed by atoms with Crippen molar-refractivity contribution in [2.45, 2.75) is 32.4 Å². The van der Waals surface area contributed by atoms with Crippen LogP contribution in [0.15, 0.2) is 77.6 Å². The number of carbonyl (C=O) groups excluding carboxylic acids is 1. The highest BCUT2D eigenvalue weighted by Crippen LogP contribution is 2.30. The number of benzene rings is 3. The third-order valence-corrected chi connectivity index (χ3v) is 5.83. The first-order valence-corrected chi connectivity index (χ1v) is 10.7. The molecule has 3 aromatic carbocycles. The number of nitrogens with zero attached hydrogens (tertiary/aromatic N) is 3. The van der Waals surface area contributed by atoms with Crippen LogP contribution in [0.4, 0.5) is 4.39 Å². The van der Waals surface area contributed by atoms with E-state index < -0.39 is 0 Å². The smallest absolute Gasteiger partial charge is 0.265 e. The Balaban J connectivity index is 1.44. The van der Waals surface area contributed by atoms with Crippen LogP contribution in [0.5, 0.6) is 0 Å². The van der Waals surface area contributed by atoms with Gasteiger partial charge in [-0.3, -0.25) is 14.2 Å². The maximum atomic E-state index is 13.2. The molecule has 1 fully saturated rings. The van der Waals surface area contributed by atoms with Crippen molar-refractivity contribution in [3.8, 4) is 5.69 Å². The lowest BCUT2D eigenvalue weighted by Crippen LogP contribution is -2.32. The van der Waals surface area contributed by atoms with Crippen molar-refractivity contribution < 1.29 is 9.18 Å². The summed E-state index contributed by atoms with van der Waals surface area (Å²) < 4.78 is 14.8. The number of fused-ring (bicyclic) bond motifs is 1. The van der Waals surface area contributed by atoms with E-state index in [1.807, 2.05) is 23.1 Å². The lowest BCUT2D eigenvalue weighted by molar-refractivity contribution is 0.0730. The molecule has 0 saturated heterocycles. The van der Waals surface area contributed by atoms with Crippen LogP contribution in [0.1, 0.15) is 34.6 Å². The molecule has 1 heterocycles. The zero-order valence-electron chi connectivity index (χ0n) is 17.7. The number of hydrogen-bond acceptors (Lipinski definition) is 3. The van der Waals surface area contributed by atoms with Crippen LogP contribution >= 0.6 is 0 Å². The molecule has 0 aliphatic heterocycles. The fourth-order valence-corrected chi connectivity index (χ4v) is 4.01. The van der Waals surface area contributed by atoms with E-state index in [9.17, 15) is 14.0 Å². The molecule has 4 aromatic rings. The Labute approximate surface area is 184 Å². The van der Waals surface area contributed by atoms with Crippen molar-refractivity contribution >= 4 is 16.8 Å². The Kier molecular flexibility index (Phi) is 5.05. The third kappa shape index (κ3) is 3.80.